The highest BCUT2D eigenvalue weighted by atomic mass is 35.5. The van der Waals surface area contributed by atoms with E-state index in [9.17, 15) is 14.0 Å². The summed E-state index contributed by atoms with van der Waals surface area (Å²) in [7, 11) is 0. The second kappa shape index (κ2) is 7.43. The van der Waals surface area contributed by atoms with Crippen LogP contribution in [0.1, 0.15) is 50.7 Å². The van der Waals surface area contributed by atoms with E-state index >= 15 is 0 Å². The monoisotopic (exact) mass is 388 g/mol. The molecule has 0 radical (unpaired) electrons. The summed E-state index contributed by atoms with van der Waals surface area (Å²) < 4.78 is 19.0. The molecule has 0 aliphatic heterocycles. The van der Waals surface area contributed by atoms with Crippen molar-refractivity contribution < 1.29 is 18.7 Å². The number of carbonyl (C=O) groups is 2. The van der Waals surface area contributed by atoms with E-state index in [0.29, 0.717) is 36.3 Å². The molecule has 2 aromatic carbocycles. The van der Waals surface area contributed by atoms with Crippen molar-refractivity contribution in [3.8, 4) is 11.5 Å². The lowest BCUT2D eigenvalue weighted by Gasteiger charge is -2.33. The molecule has 0 unspecified atom stereocenters. The molecule has 0 atom stereocenters. The fourth-order valence-corrected chi connectivity index (χ4v) is 3.85. The van der Waals surface area contributed by atoms with Gasteiger partial charge in [0, 0.05) is 12.8 Å². The van der Waals surface area contributed by atoms with E-state index in [4.69, 9.17) is 16.3 Å². The Kier molecular flexibility index (Phi) is 5.38. The van der Waals surface area contributed by atoms with Gasteiger partial charge in [-0.1, -0.05) is 38.4 Å². The third-order valence-electron chi connectivity index (χ3n) is 4.88. The zero-order valence-corrected chi connectivity index (χ0v) is 16.4. The van der Waals surface area contributed by atoms with Gasteiger partial charge >= 0.3 is 0 Å². The Bertz CT molecular complexity index is 884. The molecule has 1 aliphatic rings. The van der Waals surface area contributed by atoms with Crippen LogP contribution in [-0.4, -0.2) is 11.6 Å². The lowest BCUT2D eigenvalue weighted by Crippen LogP contribution is -2.36. The molecular formula is C22H22ClFO3. The van der Waals surface area contributed by atoms with E-state index in [0.717, 1.165) is 5.56 Å². The fraction of sp³-hybridized carbons (Fsp3) is 0.364. The van der Waals surface area contributed by atoms with Gasteiger partial charge < -0.3 is 4.74 Å². The number of hydrogen-bond acceptors (Lipinski definition) is 3. The van der Waals surface area contributed by atoms with Crippen LogP contribution in [0.15, 0.2) is 36.4 Å². The molecule has 1 aliphatic carbocycles. The number of halogens is 2. The van der Waals surface area contributed by atoms with Gasteiger partial charge in [-0.3, -0.25) is 9.59 Å². The summed E-state index contributed by atoms with van der Waals surface area (Å²) in [5, 5.41) is 0.155. The number of rotatable bonds is 4. The Balaban J connectivity index is 1.97. The Morgan fingerprint density at radius 3 is 2.37 bits per heavy atom. The van der Waals surface area contributed by atoms with Crippen molar-refractivity contribution in [1.82, 2.24) is 0 Å². The Labute approximate surface area is 163 Å². The van der Waals surface area contributed by atoms with Crippen molar-refractivity contribution in [2.45, 2.75) is 46.0 Å². The zero-order valence-electron chi connectivity index (χ0n) is 15.6. The number of aryl methyl sites for hydroxylation is 1. The van der Waals surface area contributed by atoms with E-state index < -0.39 is 11.7 Å². The second-order valence-electron chi connectivity index (χ2n) is 7.77. The third-order valence-corrected chi connectivity index (χ3v) is 5.18. The first kappa shape index (κ1) is 19.6. The predicted octanol–water partition coefficient (Wildman–Crippen LogP) is 5.88. The summed E-state index contributed by atoms with van der Waals surface area (Å²) in [5.41, 5.74) is 1.34. The summed E-state index contributed by atoms with van der Waals surface area (Å²) >= 11 is 6.03. The van der Waals surface area contributed by atoms with Crippen LogP contribution in [0.5, 0.6) is 11.5 Å². The molecule has 1 saturated carbocycles. The van der Waals surface area contributed by atoms with Crippen molar-refractivity contribution in [2.75, 3.05) is 0 Å². The molecule has 0 bridgehead atoms. The molecule has 2 aromatic rings. The Morgan fingerprint density at radius 2 is 1.78 bits per heavy atom. The van der Waals surface area contributed by atoms with Crippen molar-refractivity contribution in [1.29, 1.82) is 0 Å². The van der Waals surface area contributed by atoms with Crippen molar-refractivity contribution in [2.24, 2.45) is 5.41 Å². The van der Waals surface area contributed by atoms with Crippen LogP contribution in [0.2, 0.25) is 5.02 Å². The molecule has 0 amide bonds. The fourth-order valence-electron chi connectivity index (χ4n) is 3.65. The average Bonchev–Trinajstić information content (AvgIpc) is 2.56. The minimum atomic E-state index is -0.750. The molecule has 27 heavy (non-hydrogen) atoms. The largest absolute Gasteiger partial charge is 0.456 e. The van der Waals surface area contributed by atoms with E-state index in [-0.39, 0.29) is 22.0 Å². The zero-order chi connectivity index (χ0) is 19.8. The van der Waals surface area contributed by atoms with Gasteiger partial charge in [0.05, 0.1) is 5.02 Å². The maximum Gasteiger partial charge on any atom is 0.148 e. The minimum absolute atomic E-state index is 0.0529. The van der Waals surface area contributed by atoms with E-state index in [1.807, 2.05) is 26.8 Å². The number of ether oxygens (including phenoxy) is 1. The topological polar surface area (TPSA) is 43.4 Å². The Hall–Kier alpha value is -2.20. The van der Waals surface area contributed by atoms with Crippen LogP contribution < -0.4 is 4.74 Å². The van der Waals surface area contributed by atoms with E-state index in [1.165, 1.54) is 18.2 Å². The summed E-state index contributed by atoms with van der Waals surface area (Å²) in [6, 6.07) is 9.25. The predicted molar refractivity (Wildman–Crippen MR) is 103 cm³/mol. The van der Waals surface area contributed by atoms with Crippen LogP contribution >= 0.6 is 11.6 Å². The molecular weight excluding hydrogens is 367 g/mol. The number of hydrogen-bond donors (Lipinski definition) is 0. The van der Waals surface area contributed by atoms with Gasteiger partial charge in [-0.15, -0.1) is 0 Å². The van der Waals surface area contributed by atoms with Gasteiger partial charge in [0.15, 0.2) is 0 Å². The number of carbonyl (C=O) groups excluding carboxylic acids is 2. The molecule has 5 heteroatoms. The summed E-state index contributed by atoms with van der Waals surface area (Å²) in [5.74, 6) is -0.529. The molecule has 0 aromatic heterocycles. The quantitative estimate of drug-likeness (QED) is 0.614. The maximum atomic E-state index is 13.2. The molecule has 0 heterocycles. The van der Waals surface area contributed by atoms with Gasteiger partial charge in [-0.2, -0.15) is 0 Å². The first-order valence-electron chi connectivity index (χ1n) is 9.01. The Morgan fingerprint density at radius 1 is 1.11 bits per heavy atom. The molecule has 3 nitrogen and oxygen atoms in total. The first-order chi connectivity index (χ1) is 12.7. The molecule has 142 valence electrons. The molecule has 3 rings (SSSR count). The van der Waals surface area contributed by atoms with E-state index in [1.54, 1.807) is 12.1 Å². The van der Waals surface area contributed by atoms with Crippen molar-refractivity contribution >= 4 is 23.2 Å². The van der Waals surface area contributed by atoms with Crippen molar-refractivity contribution in [3.05, 3.63) is 58.4 Å². The van der Waals surface area contributed by atoms with Crippen LogP contribution in [0.25, 0.3) is 0 Å². The molecule has 0 N–H and O–H groups in total. The third kappa shape index (κ3) is 4.22. The highest BCUT2D eigenvalue weighted by molar-refractivity contribution is 6.32. The van der Waals surface area contributed by atoms with Crippen LogP contribution in [0, 0.1) is 11.2 Å². The highest BCUT2D eigenvalue weighted by Gasteiger charge is 2.41. The lowest BCUT2D eigenvalue weighted by atomic mass is 9.69. The summed E-state index contributed by atoms with van der Waals surface area (Å²) in [6.07, 6.45) is 1.45. The smallest absolute Gasteiger partial charge is 0.148 e. The minimum Gasteiger partial charge on any atom is -0.456 e. The SMILES string of the molecule is CCc1ccc(Oc2ccc(F)cc2Cl)cc1C1C(=O)CC(C)(C)CC1=O. The van der Waals surface area contributed by atoms with Gasteiger partial charge in [0.25, 0.3) is 0 Å². The van der Waals surface area contributed by atoms with Gasteiger partial charge in [-0.05, 0) is 53.3 Å². The van der Waals surface area contributed by atoms with Crippen LogP contribution in [0.4, 0.5) is 4.39 Å². The van der Waals surface area contributed by atoms with Crippen LogP contribution in [-0.2, 0) is 16.0 Å². The highest BCUT2D eigenvalue weighted by Crippen LogP contribution is 2.40. The number of benzene rings is 2. The van der Waals surface area contributed by atoms with Crippen LogP contribution in [0.3, 0.4) is 0 Å². The maximum absolute atomic E-state index is 13.2. The van der Waals surface area contributed by atoms with Crippen molar-refractivity contribution in [3.63, 3.8) is 0 Å². The van der Waals surface area contributed by atoms with Gasteiger partial charge in [0.1, 0.15) is 34.8 Å². The normalized spacial score (nSPS) is 17.2. The summed E-state index contributed by atoms with van der Waals surface area (Å²) in [6.45, 7) is 5.86. The number of ketones is 2. The van der Waals surface area contributed by atoms with E-state index in [2.05, 4.69) is 0 Å². The second-order valence-corrected chi connectivity index (χ2v) is 8.18. The van der Waals surface area contributed by atoms with Gasteiger partial charge in [0.2, 0.25) is 0 Å². The molecule has 0 saturated heterocycles. The molecule has 1 fully saturated rings. The lowest BCUT2D eigenvalue weighted by molar-refractivity contribution is -0.135. The average molecular weight is 389 g/mol. The first-order valence-corrected chi connectivity index (χ1v) is 9.39. The summed E-state index contributed by atoms with van der Waals surface area (Å²) in [4.78, 5) is 25.5. The molecule has 0 spiro atoms. The van der Waals surface area contributed by atoms with Gasteiger partial charge in [-0.25, -0.2) is 4.39 Å². The standard InChI is InChI=1S/C22H22ClFO3/c1-4-13-5-7-15(27-20-8-6-14(24)9-17(20)23)10-16(13)21-18(25)11-22(2,3)12-19(21)26/h5-10,21H,4,11-12H2,1-3H3. The number of Topliss-reactive ketones (excluding diaryl/α,β-unsaturated/α-hetero) is 2.